The molecule has 0 aliphatic rings. The van der Waals surface area contributed by atoms with Gasteiger partial charge in [-0.25, -0.2) is 4.79 Å². The highest BCUT2D eigenvalue weighted by Crippen LogP contribution is 2.16. The minimum atomic E-state index is -0.340. The molecule has 1 rings (SSSR count). The molecule has 1 aromatic heterocycles. The number of hydrogen-bond acceptors (Lipinski definition) is 4. The molecule has 0 bridgehead atoms. The molecule has 0 unspecified atom stereocenters. The van der Waals surface area contributed by atoms with Crippen LogP contribution < -0.4 is 5.69 Å². The summed E-state index contributed by atoms with van der Waals surface area (Å²) in [5.74, 6) is -0.310. The highest BCUT2D eigenvalue weighted by atomic mass is 79.9. The number of nitrogens with zero attached hydrogens (tertiary/aromatic N) is 2. The highest BCUT2D eigenvalue weighted by molar-refractivity contribution is 9.10. The fourth-order valence-electron chi connectivity index (χ4n) is 1.48. The van der Waals surface area contributed by atoms with Crippen molar-refractivity contribution in [2.75, 3.05) is 6.61 Å². The van der Waals surface area contributed by atoms with Crippen molar-refractivity contribution in [3.8, 4) is 0 Å². The fraction of sp³-hybridized carbons (Fsp3) is 0.545. The summed E-state index contributed by atoms with van der Waals surface area (Å²) in [6.45, 7) is 5.96. The van der Waals surface area contributed by atoms with Crippen LogP contribution in [0.3, 0.4) is 0 Å². The van der Waals surface area contributed by atoms with Gasteiger partial charge in [0.1, 0.15) is 0 Å². The topological polar surface area (TPSA) is 61.2 Å². The van der Waals surface area contributed by atoms with Crippen LogP contribution in [0.25, 0.3) is 0 Å². The molecule has 0 spiro atoms. The van der Waals surface area contributed by atoms with Gasteiger partial charge >= 0.3 is 11.7 Å². The van der Waals surface area contributed by atoms with E-state index < -0.39 is 0 Å². The summed E-state index contributed by atoms with van der Waals surface area (Å²) in [6.07, 6.45) is 0.172. The van der Waals surface area contributed by atoms with Crippen LogP contribution in [0.15, 0.2) is 9.27 Å². The van der Waals surface area contributed by atoms with E-state index in [0.717, 1.165) is 10.2 Å². The quantitative estimate of drug-likeness (QED) is 0.792. The van der Waals surface area contributed by atoms with Crippen LogP contribution in [-0.2, 0) is 16.1 Å². The molecular formula is C11H15BrN2O3. The molecule has 0 N–H and O–H groups in total. The zero-order valence-corrected chi connectivity index (χ0v) is 11.7. The van der Waals surface area contributed by atoms with E-state index in [1.54, 1.807) is 13.8 Å². The number of aromatic nitrogens is 2. The van der Waals surface area contributed by atoms with Crippen LogP contribution in [-0.4, -0.2) is 22.1 Å². The summed E-state index contributed by atoms with van der Waals surface area (Å²) < 4.78 is 7.07. The first-order valence-electron chi connectivity index (χ1n) is 5.36. The van der Waals surface area contributed by atoms with Crippen molar-refractivity contribution < 1.29 is 9.53 Å². The molecular weight excluding hydrogens is 288 g/mol. The van der Waals surface area contributed by atoms with Crippen LogP contribution in [0.1, 0.15) is 24.7 Å². The fourth-order valence-corrected chi connectivity index (χ4v) is 1.78. The van der Waals surface area contributed by atoms with Crippen molar-refractivity contribution in [2.45, 2.75) is 33.7 Å². The summed E-state index contributed by atoms with van der Waals surface area (Å²) in [5, 5.41) is 0. The summed E-state index contributed by atoms with van der Waals surface area (Å²) in [4.78, 5) is 26.7. The molecule has 0 fully saturated rings. The molecule has 0 aliphatic carbocycles. The van der Waals surface area contributed by atoms with Gasteiger partial charge < -0.3 is 4.74 Å². The number of aryl methyl sites for hydroxylation is 1. The van der Waals surface area contributed by atoms with Gasteiger partial charge in [0.05, 0.1) is 23.2 Å². The van der Waals surface area contributed by atoms with Gasteiger partial charge in [0.15, 0.2) is 0 Å². The third kappa shape index (κ3) is 3.39. The van der Waals surface area contributed by atoms with E-state index in [1.165, 1.54) is 4.57 Å². The standard InChI is InChI=1S/C11H15BrN2O3/c1-4-17-9(15)5-6-14-8(3)10(12)7(2)13-11(14)16/h4-6H2,1-3H3. The van der Waals surface area contributed by atoms with Crippen LogP contribution in [0.4, 0.5) is 0 Å². The first kappa shape index (κ1) is 13.9. The first-order chi connectivity index (χ1) is 7.97. The molecule has 1 heterocycles. The first-order valence-corrected chi connectivity index (χ1v) is 6.15. The molecule has 0 saturated carbocycles. The lowest BCUT2D eigenvalue weighted by Gasteiger charge is -2.11. The molecule has 94 valence electrons. The number of hydrogen-bond donors (Lipinski definition) is 0. The molecule has 0 amide bonds. The molecule has 0 saturated heterocycles. The maximum Gasteiger partial charge on any atom is 0.348 e. The minimum Gasteiger partial charge on any atom is -0.466 e. The Labute approximate surface area is 108 Å². The minimum absolute atomic E-state index is 0.172. The Morgan fingerprint density at radius 3 is 2.71 bits per heavy atom. The molecule has 1 aromatic rings. The molecule has 17 heavy (non-hydrogen) atoms. The Hall–Kier alpha value is -1.17. The Morgan fingerprint density at radius 1 is 1.47 bits per heavy atom. The second kappa shape index (κ2) is 5.95. The van der Waals surface area contributed by atoms with E-state index in [1.807, 2.05) is 6.92 Å². The van der Waals surface area contributed by atoms with Gasteiger partial charge in [-0.3, -0.25) is 9.36 Å². The number of rotatable bonds is 4. The van der Waals surface area contributed by atoms with Gasteiger partial charge in [-0.15, -0.1) is 0 Å². The summed E-state index contributed by atoms with van der Waals surface area (Å²) in [6, 6.07) is 0. The number of carbonyl (C=O) groups is 1. The number of esters is 1. The van der Waals surface area contributed by atoms with Crippen molar-refractivity contribution in [1.82, 2.24) is 9.55 Å². The Balaban J connectivity index is 2.89. The SMILES string of the molecule is CCOC(=O)CCn1c(C)c(Br)c(C)nc1=O. The lowest BCUT2D eigenvalue weighted by molar-refractivity contribution is -0.143. The lowest BCUT2D eigenvalue weighted by Crippen LogP contribution is -2.27. The predicted molar refractivity (Wildman–Crippen MR) is 66.9 cm³/mol. The van der Waals surface area contributed by atoms with Crippen LogP contribution in [0.5, 0.6) is 0 Å². The smallest absolute Gasteiger partial charge is 0.348 e. The third-order valence-corrected chi connectivity index (χ3v) is 3.53. The zero-order chi connectivity index (χ0) is 13.0. The van der Waals surface area contributed by atoms with Gasteiger partial charge in [0.25, 0.3) is 0 Å². The maximum absolute atomic E-state index is 11.7. The number of halogens is 1. The Bertz CT molecular complexity index is 482. The van der Waals surface area contributed by atoms with Gasteiger partial charge in [0.2, 0.25) is 0 Å². The van der Waals surface area contributed by atoms with Gasteiger partial charge in [-0.2, -0.15) is 4.98 Å². The molecule has 0 atom stereocenters. The van der Waals surface area contributed by atoms with E-state index in [0.29, 0.717) is 12.3 Å². The monoisotopic (exact) mass is 302 g/mol. The normalized spacial score (nSPS) is 10.4. The van der Waals surface area contributed by atoms with Crippen molar-refractivity contribution in [3.63, 3.8) is 0 Å². The van der Waals surface area contributed by atoms with Crippen molar-refractivity contribution in [1.29, 1.82) is 0 Å². The average Bonchev–Trinajstić information content (AvgIpc) is 2.26. The van der Waals surface area contributed by atoms with Crippen LogP contribution >= 0.6 is 15.9 Å². The summed E-state index contributed by atoms with van der Waals surface area (Å²) >= 11 is 3.36. The van der Waals surface area contributed by atoms with E-state index >= 15 is 0 Å². The third-order valence-electron chi connectivity index (χ3n) is 2.38. The number of carbonyl (C=O) groups excluding carboxylic acids is 1. The predicted octanol–water partition coefficient (Wildman–Crippen LogP) is 1.58. The van der Waals surface area contributed by atoms with E-state index in [2.05, 4.69) is 20.9 Å². The van der Waals surface area contributed by atoms with E-state index in [4.69, 9.17) is 4.74 Å². The molecule has 0 radical (unpaired) electrons. The van der Waals surface area contributed by atoms with Crippen molar-refractivity contribution in [3.05, 3.63) is 26.3 Å². The summed E-state index contributed by atoms with van der Waals surface area (Å²) in [5.41, 5.74) is 1.08. The zero-order valence-electron chi connectivity index (χ0n) is 10.1. The second-order valence-electron chi connectivity index (χ2n) is 3.59. The molecule has 0 aliphatic heterocycles. The van der Waals surface area contributed by atoms with Crippen LogP contribution in [0, 0.1) is 13.8 Å². The summed E-state index contributed by atoms with van der Waals surface area (Å²) in [7, 11) is 0. The van der Waals surface area contributed by atoms with Crippen molar-refractivity contribution in [2.24, 2.45) is 0 Å². The Kier molecular flexibility index (Phi) is 4.86. The van der Waals surface area contributed by atoms with Gasteiger partial charge in [-0.1, -0.05) is 0 Å². The van der Waals surface area contributed by atoms with Crippen molar-refractivity contribution >= 4 is 21.9 Å². The molecule has 0 aromatic carbocycles. The molecule has 5 nitrogen and oxygen atoms in total. The number of ether oxygens (including phenoxy) is 1. The largest absolute Gasteiger partial charge is 0.466 e. The van der Waals surface area contributed by atoms with Gasteiger partial charge in [-0.05, 0) is 36.7 Å². The van der Waals surface area contributed by atoms with E-state index in [-0.39, 0.29) is 24.6 Å². The van der Waals surface area contributed by atoms with Gasteiger partial charge in [0, 0.05) is 12.2 Å². The average molecular weight is 303 g/mol. The van der Waals surface area contributed by atoms with Crippen LogP contribution in [0.2, 0.25) is 0 Å². The second-order valence-corrected chi connectivity index (χ2v) is 4.38. The molecule has 6 heteroatoms. The Morgan fingerprint density at radius 2 is 2.12 bits per heavy atom. The maximum atomic E-state index is 11.7. The van der Waals surface area contributed by atoms with E-state index in [9.17, 15) is 9.59 Å². The lowest BCUT2D eigenvalue weighted by atomic mass is 10.3. The highest BCUT2D eigenvalue weighted by Gasteiger charge is 2.10.